The van der Waals surface area contributed by atoms with Gasteiger partial charge in [0.25, 0.3) is 0 Å². The van der Waals surface area contributed by atoms with Crippen LogP contribution in [0.2, 0.25) is 0 Å². The molecule has 84 valence electrons. The molecule has 16 heavy (non-hydrogen) atoms. The van der Waals surface area contributed by atoms with Gasteiger partial charge >= 0.3 is 5.97 Å². The number of nitrogens with zero attached hydrogens (tertiary/aromatic N) is 1. The van der Waals surface area contributed by atoms with Gasteiger partial charge in [-0.05, 0) is 53.6 Å². The summed E-state index contributed by atoms with van der Waals surface area (Å²) < 4.78 is 5.76. The number of hydrogen-bond acceptors (Lipinski definition) is 3. The average molecular weight is 329 g/mol. The summed E-state index contributed by atoms with van der Waals surface area (Å²) in [6, 6.07) is 5.93. The smallest absolute Gasteiger partial charge is 0.310 e. The van der Waals surface area contributed by atoms with E-state index in [0.29, 0.717) is 12.2 Å². The van der Waals surface area contributed by atoms with E-state index in [0.717, 1.165) is 14.7 Å². The Morgan fingerprint density at radius 3 is 2.81 bits per heavy atom. The zero-order chi connectivity index (χ0) is 12.1. The Hall–Kier alpha value is -1.09. The van der Waals surface area contributed by atoms with E-state index in [4.69, 9.17) is 10.00 Å². The van der Waals surface area contributed by atoms with Crippen LogP contribution in [0.25, 0.3) is 0 Å². The summed E-state index contributed by atoms with van der Waals surface area (Å²) >= 11 is 2.10. The van der Waals surface area contributed by atoms with Gasteiger partial charge < -0.3 is 4.74 Å². The normalized spacial score (nSPS) is 9.62. The van der Waals surface area contributed by atoms with Gasteiger partial charge in [0.2, 0.25) is 0 Å². The van der Waals surface area contributed by atoms with Gasteiger partial charge in [-0.1, -0.05) is 6.07 Å². The number of halogens is 1. The second-order valence-corrected chi connectivity index (χ2v) is 4.47. The van der Waals surface area contributed by atoms with Crippen molar-refractivity contribution in [3.63, 3.8) is 0 Å². The van der Waals surface area contributed by atoms with Crippen molar-refractivity contribution in [2.45, 2.75) is 20.3 Å². The van der Waals surface area contributed by atoms with Crippen LogP contribution in [0.1, 0.15) is 23.6 Å². The predicted octanol–water partition coefficient (Wildman–Crippen LogP) is 2.58. The molecule has 1 aromatic carbocycles. The maximum Gasteiger partial charge on any atom is 0.310 e. The lowest BCUT2D eigenvalue weighted by Gasteiger charge is -2.09. The molecule has 0 aromatic heterocycles. The monoisotopic (exact) mass is 329 g/mol. The van der Waals surface area contributed by atoms with Crippen LogP contribution in [-0.2, 0) is 16.0 Å². The Bertz CT molecular complexity index is 449. The zero-order valence-electron chi connectivity index (χ0n) is 9.21. The zero-order valence-corrected chi connectivity index (χ0v) is 11.4. The lowest BCUT2D eigenvalue weighted by molar-refractivity contribution is -0.142. The largest absolute Gasteiger partial charge is 0.466 e. The number of rotatable bonds is 3. The standard InChI is InChI=1S/C12H12INO2/c1-3-16-12(15)6-9-8(2)4-5-11(13)10(9)7-14/h4-5H,3,6H2,1-2H3. The lowest BCUT2D eigenvalue weighted by atomic mass is 10.00. The molecule has 1 aromatic rings. The SMILES string of the molecule is CCOC(=O)Cc1c(C)ccc(I)c1C#N. The van der Waals surface area contributed by atoms with Gasteiger partial charge in [-0.2, -0.15) is 5.26 Å². The minimum Gasteiger partial charge on any atom is -0.466 e. The summed E-state index contributed by atoms with van der Waals surface area (Å²) in [7, 11) is 0. The highest BCUT2D eigenvalue weighted by Gasteiger charge is 2.13. The number of nitriles is 1. The molecule has 4 heteroatoms. The van der Waals surface area contributed by atoms with Crippen molar-refractivity contribution < 1.29 is 9.53 Å². The quantitative estimate of drug-likeness (QED) is 0.633. The fraction of sp³-hybridized carbons (Fsp3) is 0.333. The summed E-state index contributed by atoms with van der Waals surface area (Å²) in [4.78, 5) is 11.4. The van der Waals surface area contributed by atoms with E-state index in [2.05, 4.69) is 28.7 Å². The Morgan fingerprint density at radius 2 is 2.25 bits per heavy atom. The maximum atomic E-state index is 11.4. The molecule has 0 radical (unpaired) electrons. The molecule has 0 amide bonds. The number of hydrogen-bond donors (Lipinski definition) is 0. The summed E-state index contributed by atoms with van der Waals surface area (Å²) in [6.07, 6.45) is 0.166. The molecular weight excluding hydrogens is 317 g/mol. The van der Waals surface area contributed by atoms with Crippen molar-refractivity contribution >= 4 is 28.6 Å². The molecule has 0 fully saturated rings. The van der Waals surface area contributed by atoms with Crippen LogP contribution in [-0.4, -0.2) is 12.6 Å². The van der Waals surface area contributed by atoms with Crippen molar-refractivity contribution in [1.29, 1.82) is 5.26 Å². The van der Waals surface area contributed by atoms with Gasteiger partial charge in [0.05, 0.1) is 18.6 Å². The van der Waals surface area contributed by atoms with Crippen LogP contribution in [0.3, 0.4) is 0 Å². The second kappa shape index (κ2) is 5.85. The van der Waals surface area contributed by atoms with Crippen molar-refractivity contribution in [1.82, 2.24) is 0 Å². The highest BCUT2D eigenvalue weighted by atomic mass is 127. The van der Waals surface area contributed by atoms with Crippen molar-refractivity contribution in [3.05, 3.63) is 32.4 Å². The summed E-state index contributed by atoms with van der Waals surface area (Å²) in [5.41, 5.74) is 2.30. The molecule has 0 unspecified atom stereocenters. The number of carbonyl (C=O) groups excluding carboxylic acids is 1. The molecule has 0 aliphatic carbocycles. The molecule has 0 N–H and O–H groups in total. The first kappa shape index (κ1) is 13.0. The molecule has 1 rings (SSSR count). The molecular formula is C12H12INO2. The Balaban J connectivity index is 3.08. The van der Waals surface area contributed by atoms with Crippen LogP contribution in [0.4, 0.5) is 0 Å². The fourth-order valence-corrected chi connectivity index (χ4v) is 2.05. The van der Waals surface area contributed by atoms with Crippen LogP contribution in [0.15, 0.2) is 12.1 Å². The van der Waals surface area contributed by atoms with Crippen LogP contribution in [0.5, 0.6) is 0 Å². The van der Waals surface area contributed by atoms with Crippen LogP contribution >= 0.6 is 22.6 Å². The van der Waals surface area contributed by atoms with Gasteiger partial charge in [0.1, 0.15) is 6.07 Å². The van der Waals surface area contributed by atoms with E-state index < -0.39 is 0 Å². The summed E-state index contributed by atoms with van der Waals surface area (Å²) in [5, 5.41) is 9.06. The van der Waals surface area contributed by atoms with E-state index in [1.165, 1.54) is 0 Å². The number of aryl methyl sites for hydroxylation is 1. The molecule has 0 saturated heterocycles. The lowest BCUT2D eigenvalue weighted by Crippen LogP contribution is -2.10. The first-order chi connectivity index (χ1) is 7.60. The molecule has 0 aliphatic rings. The first-order valence-corrected chi connectivity index (χ1v) is 6.01. The fourth-order valence-electron chi connectivity index (χ4n) is 1.43. The topological polar surface area (TPSA) is 50.1 Å². The van der Waals surface area contributed by atoms with E-state index in [9.17, 15) is 4.79 Å². The molecule has 0 atom stereocenters. The van der Waals surface area contributed by atoms with Gasteiger partial charge in [0, 0.05) is 3.57 Å². The Labute approximate surface area is 109 Å². The first-order valence-electron chi connectivity index (χ1n) is 4.93. The average Bonchev–Trinajstić information content (AvgIpc) is 2.24. The molecule has 0 heterocycles. The van der Waals surface area contributed by atoms with E-state index in [1.807, 2.05) is 19.1 Å². The van der Waals surface area contributed by atoms with Crippen LogP contribution in [0, 0.1) is 21.8 Å². The molecule has 0 aliphatic heterocycles. The molecule has 0 saturated carbocycles. The van der Waals surface area contributed by atoms with Gasteiger partial charge in [0.15, 0.2) is 0 Å². The third-order valence-corrected chi connectivity index (χ3v) is 3.13. The van der Waals surface area contributed by atoms with Crippen molar-refractivity contribution in [2.24, 2.45) is 0 Å². The van der Waals surface area contributed by atoms with Gasteiger partial charge in [-0.25, -0.2) is 0 Å². The number of carbonyl (C=O) groups is 1. The highest BCUT2D eigenvalue weighted by Crippen LogP contribution is 2.20. The molecule has 0 bridgehead atoms. The predicted molar refractivity (Wildman–Crippen MR) is 68.9 cm³/mol. The number of benzene rings is 1. The highest BCUT2D eigenvalue weighted by molar-refractivity contribution is 14.1. The minimum absolute atomic E-state index is 0.166. The van der Waals surface area contributed by atoms with Crippen molar-refractivity contribution in [2.75, 3.05) is 6.61 Å². The molecule has 0 spiro atoms. The number of esters is 1. The Morgan fingerprint density at radius 1 is 1.56 bits per heavy atom. The number of ether oxygens (including phenoxy) is 1. The Kier molecular flexibility index (Phi) is 4.74. The summed E-state index contributed by atoms with van der Waals surface area (Å²) in [6.45, 7) is 4.03. The van der Waals surface area contributed by atoms with E-state index >= 15 is 0 Å². The minimum atomic E-state index is -0.288. The maximum absolute atomic E-state index is 11.4. The van der Waals surface area contributed by atoms with E-state index in [-0.39, 0.29) is 12.4 Å². The second-order valence-electron chi connectivity index (χ2n) is 3.31. The summed E-state index contributed by atoms with van der Waals surface area (Å²) in [5.74, 6) is -0.288. The van der Waals surface area contributed by atoms with Gasteiger partial charge in [-0.3, -0.25) is 4.79 Å². The van der Waals surface area contributed by atoms with E-state index in [1.54, 1.807) is 6.92 Å². The third-order valence-electron chi connectivity index (χ3n) is 2.23. The van der Waals surface area contributed by atoms with Crippen molar-refractivity contribution in [3.8, 4) is 6.07 Å². The van der Waals surface area contributed by atoms with Gasteiger partial charge in [-0.15, -0.1) is 0 Å². The molecule has 3 nitrogen and oxygen atoms in total. The third kappa shape index (κ3) is 2.95. The van der Waals surface area contributed by atoms with Crippen LogP contribution < -0.4 is 0 Å².